The SMILES string of the molecule is CC(C)OCCN1CN(Cc2ccccn2)n2cc(C(=O)CCc3ccc(F)cc3F)c(=O)c(O)c2C1=O. The zero-order chi connectivity index (χ0) is 27.4. The molecular weight excluding hydrogens is 498 g/mol. The van der Waals surface area contributed by atoms with Crippen LogP contribution in [0, 0.1) is 11.6 Å². The van der Waals surface area contributed by atoms with Crippen molar-refractivity contribution in [2.45, 2.75) is 39.3 Å². The summed E-state index contributed by atoms with van der Waals surface area (Å²) in [5.74, 6) is -3.62. The second-order valence-electron chi connectivity index (χ2n) is 9.19. The lowest BCUT2D eigenvalue weighted by molar-refractivity contribution is 0.0426. The standard InChI is InChI=1S/C27H28F2N4O5/c1-17(2)38-12-11-31-16-32(14-20-5-3-4-10-30-20)33-15-21(25(35)26(36)24(33)27(31)37)23(34)9-7-18-6-8-19(28)13-22(18)29/h3-6,8,10,13,15,17,36H,7,9,11-12,14,16H2,1-2H3. The first kappa shape index (κ1) is 26.9. The third-order valence-corrected chi connectivity index (χ3v) is 6.11. The van der Waals surface area contributed by atoms with Crippen molar-refractivity contribution in [2.75, 3.05) is 24.8 Å². The highest BCUT2D eigenvalue weighted by molar-refractivity contribution is 6.00. The summed E-state index contributed by atoms with van der Waals surface area (Å²) in [6.07, 6.45) is 2.46. The van der Waals surface area contributed by atoms with Gasteiger partial charge in [-0.2, -0.15) is 0 Å². The second kappa shape index (κ2) is 11.5. The van der Waals surface area contributed by atoms with Crippen molar-refractivity contribution in [1.82, 2.24) is 14.6 Å². The molecular formula is C27H28F2N4O5. The van der Waals surface area contributed by atoms with Gasteiger partial charge in [-0.05, 0) is 44.0 Å². The summed E-state index contributed by atoms with van der Waals surface area (Å²) in [5, 5.41) is 12.5. The van der Waals surface area contributed by atoms with E-state index in [1.807, 2.05) is 13.8 Å². The minimum Gasteiger partial charge on any atom is -0.502 e. The van der Waals surface area contributed by atoms with Gasteiger partial charge >= 0.3 is 0 Å². The number of nitrogens with zero attached hydrogens (tertiary/aromatic N) is 4. The third-order valence-electron chi connectivity index (χ3n) is 6.11. The van der Waals surface area contributed by atoms with Gasteiger partial charge in [0.1, 0.15) is 18.3 Å². The Bertz CT molecular complexity index is 1390. The number of Topliss-reactive ketones (excluding diaryl/α,β-unsaturated/α-hetero) is 1. The molecule has 200 valence electrons. The van der Waals surface area contributed by atoms with E-state index in [-0.39, 0.29) is 62.1 Å². The third kappa shape index (κ3) is 5.88. The van der Waals surface area contributed by atoms with Crippen LogP contribution in [-0.2, 0) is 17.7 Å². The first-order chi connectivity index (χ1) is 18.2. The summed E-state index contributed by atoms with van der Waals surface area (Å²) in [7, 11) is 0. The summed E-state index contributed by atoms with van der Waals surface area (Å²) in [4.78, 5) is 45.0. The molecule has 0 atom stereocenters. The Balaban J connectivity index is 1.66. The molecule has 3 heterocycles. The van der Waals surface area contributed by atoms with Crippen LogP contribution in [0.15, 0.2) is 53.6 Å². The van der Waals surface area contributed by atoms with Crippen LogP contribution in [0.1, 0.15) is 52.4 Å². The molecule has 0 bridgehead atoms. The van der Waals surface area contributed by atoms with Gasteiger partial charge in [0.15, 0.2) is 17.2 Å². The number of aromatic hydroxyl groups is 1. The lowest BCUT2D eigenvalue weighted by Crippen LogP contribution is -2.54. The summed E-state index contributed by atoms with van der Waals surface area (Å²) < 4.78 is 34.1. The predicted octanol–water partition coefficient (Wildman–Crippen LogP) is 3.02. The average Bonchev–Trinajstić information content (AvgIpc) is 2.88. The van der Waals surface area contributed by atoms with Gasteiger partial charge < -0.3 is 14.7 Å². The van der Waals surface area contributed by atoms with Crippen molar-refractivity contribution in [3.8, 4) is 5.75 Å². The van der Waals surface area contributed by atoms with Crippen molar-refractivity contribution >= 4 is 11.7 Å². The van der Waals surface area contributed by atoms with Crippen LogP contribution in [-0.4, -0.2) is 57.3 Å². The molecule has 4 rings (SSSR count). The summed E-state index contributed by atoms with van der Waals surface area (Å²) >= 11 is 0. The molecule has 11 heteroatoms. The van der Waals surface area contributed by atoms with Gasteiger partial charge in [-0.25, -0.2) is 8.78 Å². The van der Waals surface area contributed by atoms with Crippen LogP contribution in [0.5, 0.6) is 5.75 Å². The number of carbonyl (C=O) groups excluding carboxylic acids is 2. The molecule has 0 unspecified atom stereocenters. The van der Waals surface area contributed by atoms with Gasteiger partial charge in [0.25, 0.3) is 5.91 Å². The Morgan fingerprint density at radius 2 is 1.97 bits per heavy atom. The van der Waals surface area contributed by atoms with Crippen molar-refractivity contribution in [3.63, 3.8) is 0 Å². The molecule has 1 N–H and O–H groups in total. The molecule has 0 fully saturated rings. The smallest absolute Gasteiger partial charge is 0.277 e. The van der Waals surface area contributed by atoms with Gasteiger partial charge in [-0.3, -0.25) is 29.1 Å². The normalized spacial score (nSPS) is 13.2. The zero-order valence-electron chi connectivity index (χ0n) is 21.1. The number of ether oxygens (including phenoxy) is 1. The van der Waals surface area contributed by atoms with Gasteiger partial charge in [0.05, 0.1) is 30.5 Å². The highest BCUT2D eigenvalue weighted by atomic mass is 19.1. The summed E-state index contributed by atoms with van der Waals surface area (Å²) in [6, 6.07) is 8.39. The predicted molar refractivity (Wildman–Crippen MR) is 135 cm³/mol. The maximum Gasteiger partial charge on any atom is 0.277 e. The molecule has 0 aliphatic carbocycles. The van der Waals surface area contributed by atoms with Crippen molar-refractivity contribution in [2.24, 2.45) is 0 Å². The minimum atomic E-state index is -0.993. The average molecular weight is 527 g/mol. The molecule has 3 aromatic rings. The van der Waals surface area contributed by atoms with Gasteiger partial charge in [-0.15, -0.1) is 0 Å². The van der Waals surface area contributed by atoms with E-state index < -0.39 is 34.5 Å². The number of carbonyl (C=O) groups is 2. The molecule has 1 aromatic carbocycles. The highest BCUT2D eigenvalue weighted by Crippen LogP contribution is 2.23. The van der Waals surface area contributed by atoms with Crippen LogP contribution >= 0.6 is 0 Å². The molecule has 1 aliphatic heterocycles. The van der Waals surface area contributed by atoms with Gasteiger partial charge in [0.2, 0.25) is 5.43 Å². The van der Waals surface area contributed by atoms with Crippen LogP contribution < -0.4 is 10.4 Å². The molecule has 0 saturated carbocycles. The number of hydrogen-bond acceptors (Lipinski definition) is 7. The van der Waals surface area contributed by atoms with Crippen LogP contribution in [0.3, 0.4) is 0 Å². The second-order valence-corrected chi connectivity index (χ2v) is 9.19. The van der Waals surface area contributed by atoms with E-state index in [0.29, 0.717) is 5.69 Å². The first-order valence-corrected chi connectivity index (χ1v) is 12.2. The number of halogens is 2. The fraction of sp³-hybridized carbons (Fsp3) is 0.333. The molecule has 2 aromatic heterocycles. The largest absolute Gasteiger partial charge is 0.502 e. The molecule has 9 nitrogen and oxygen atoms in total. The molecule has 0 spiro atoms. The number of hydrogen-bond donors (Lipinski definition) is 1. The quantitative estimate of drug-likeness (QED) is 0.405. The topological polar surface area (TPSA) is 105 Å². The molecule has 1 amide bonds. The number of fused-ring (bicyclic) bond motifs is 1. The Morgan fingerprint density at radius 1 is 1.18 bits per heavy atom. The fourth-order valence-electron chi connectivity index (χ4n) is 4.17. The number of aromatic nitrogens is 2. The van der Waals surface area contributed by atoms with E-state index in [9.17, 15) is 28.3 Å². The number of amides is 1. The van der Waals surface area contributed by atoms with Gasteiger partial charge in [-0.1, -0.05) is 12.1 Å². The Kier molecular flexibility index (Phi) is 8.16. The Labute approximate surface area is 217 Å². The van der Waals surface area contributed by atoms with Crippen molar-refractivity contribution in [3.05, 3.63) is 93.2 Å². The number of pyridine rings is 2. The molecule has 0 saturated heterocycles. The summed E-state index contributed by atoms with van der Waals surface area (Å²) in [5.41, 5.74) is -0.837. The van der Waals surface area contributed by atoms with Crippen LogP contribution in [0.2, 0.25) is 0 Å². The molecule has 38 heavy (non-hydrogen) atoms. The lowest BCUT2D eigenvalue weighted by atomic mass is 10.0. The maximum atomic E-state index is 14.0. The maximum absolute atomic E-state index is 14.0. The molecule has 1 aliphatic rings. The van der Waals surface area contributed by atoms with Gasteiger partial charge in [0, 0.05) is 31.4 Å². The fourth-order valence-corrected chi connectivity index (χ4v) is 4.17. The van der Waals surface area contributed by atoms with E-state index in [0.717, 1.165) is 12.1 Å². The molecule has 0 radical (unpaired) electrons. The minimum absolute atomic E-state index is 0.0419. The Hall–Kier alpha value is -4.12. The zero-order valence-corrected chi connectivity index (χ0v) is 21.1. The number of ketones is 1. The summed E-state index contributed by atoms with van der Waals surface area (Å²) in [6.45, 7) is 4.50. The van der Waals surface area contributed by atoms with Crippen molar-refractivity contribution < 1.29 is 28.2 Å². The first-order valence-electron chi connectivity index (χ1n) is 12.2. The van der Waals surface area contributed by atoms with Crippen molar-refractivity contribution in [1.29, 1.82) is 0 Å². The number of aryl methyl sites for hydroxylation is 1. The number of benzene rings is 1. The highest BCUT2D eigenvalue weighted by Gasteiger charge is 2.34. The van der Waals surface area contributed by atoms with E-state index in [2.05, 4.69) is 4.98 Å². The Morgan fingerprint density at radius 3 is 2.66 bits per heavy atom. The van der Waals surface area contributed by atoms with E-state index in [1.165, 1.54) is 21.8 Å². The number of rotatable bonds is 10. The van der Waals surface area contributed by atoms with E-state index >= 15 is 0 Å². The van der Waals surface area contributed by atoms with E-state index in [1.54, 1.807) is 29.4 Å². The van der Waals surface area contributed by atoms with Crippen LogP contribution in [0.25, 0.3) is 0 Å². The lowest BCUT2D eigenvalue weighted by Gasteiger charge is -2.39. The monoisotopic (exact) mass is 526 g/mol. The van der Waals surface area contributed by atoms with Crippen LogP contribution in [0.4, 0.5) is 8.78 Å². The van der Waals surface area contributed by atoms with E-state index in [4.69, 9.17) is 4.74 Å².